The van der Waals surface area contributed by atoms with Gasteiger partial charge in [-0.15, -0.1) is 0 Å². The maximum absolute atomic E-state index is 13.4. The van der Waals surface area contributed by atoms with Gasteiger partial charge in [0, 0.05) is 31.7 Å². The van der Waals surface area contributed by atoms with Gasteiger partial charge in [-0.2, -0.15) is 0 Å². The number of carbonyl (C=O) groups is 2. The Hall–Kier alpha value is -2.86. The smallest absolute Gasteiger partial charge is 0.245 e. The van der Waals surface area contributed by atoms with Crippen LogP contribution in [0, 0.1) is 0 Å². The molecule has 29 heavy (non-hydrogen) atoms. The Bertz CT molecular complexity index is 886. The van der Waals surface area contributed by atoms with Crippen molar-refractivity contribution in [3.05, 3.63) is 60.2 Å². The van der Waals surface area contributed by atoms with Crippen LogP contribution in [0.25, 0.3) is 0 Å². The Morgan fingerprint density at radius 3 is 2.62 bits per heavy atom. The zero-order valence-corrected chi connectivity index (χ0v) is 17.0. The summed E-state index contributed by atoms with van der Waals surface area (Å²) in [6.45, 7) is 2.07. The van der Waals surface area contributed by atoms with Crippen molar-refractivity contribution >= 4 is 17.5 Å². The lowest BCUT2D eigenvalue weighted by Gasteiger charge is -2.41. The highest BCUT2D eigenvalue weighted by Gasteiger charge is 2.40. The zero-order chi connectivity index (χ0) is 20.4. The Kier molecular flexibility index (Phi) is 5.53. The average molecular weight is 393 g/mol. The summed E-state index contributed by atoms with van der Waals surface area (Å²) in [4.78, 5) is 31.8. The number of hydrogen-bond acceptors (Lipinski definition) is 4. The van der Waals surface area contributed by atoms with Gasteiger partial charge in [0.2, 0.25) is 11.8 Å². The minimum Gasteiger partial charge on any atom is -0.497 e. The van der Waals surface area contributed by atoms with Gasteiger partial charge in [0.15, 0.2) is 0 Å². The standard InChI is InChI=1S/C23H27N3O3/c1-24-13-14-25(16-21(24)17-7-6-10-19(15-17)29-2)23(28)20-11-12-22(27)26(20)18-8-4-3-5-9-18/h3-10,15,20-21H,11-14,16H2,1-2H3. The second kappa shape index (κ2) is 8.25. The molecule has 0 aliphatic carbocycles. The Labute approximate surface area is 171 Å². The highest BCUT2D eigenvalue weighted by atomic mass is 16.5. The Balaban J connectivity index is 1.54. The van der Waals surface area contributed by atoms with Crippen molar-refractivity contribution in [3.63, 3.8) is 0 Å². The number of piperazine rings is 1. The molecule has 0 radical (unpaired) electrons. The molecule has 0 saturated carbocycles. The summed E-state index contributed by atoms with van der Waals surface area (Å²) in [5.41, 5.74) is 1.93. The first-order valence-corrected chi connectivity index (χ1v) is 10.1. The second-order valence-corrected chi connectivity index (χ2v) is 7.71. The summed E-state index contributed by atoms with van der Waals surface area (Å²) in [7, 11) is 3.75. The highest BCUT2D eigenvalue weighted by molar-refractivity contribution is 6.03. The zero-order valence-electron chi connectivity index (χ0n) is 17.0. The van der Waals surface area contributed by atoms with E-state index in [0.29, 0.717) is 25.9 Å². The molecule has 2 atom stereocenters. The fraction of sp³-hybridized carbons (Fsp3) is 0.391. The van der Waals surface area contributed by atoms with Gasteiger partial charge in [0.1, 0.15) is 11.8 Å². The third kappa shape index (κ3) is 3.85. The molecule has 2 aliphatic rings. The van der Waals surface area contributed by atoms with Crippen LogP contribution in [-0.4, -0.2) is 61.4 Å². The molecule has 6 nitrogen and oxygen atoms in total. The molecule has 2 heterocycles. The summed E-state index contributed by atoms with van der Waals surface area (Å²) in [6, 6.07) is 17.2. The molecule has 2 aromatic carbocycles. The lowest BCUT2D eigenvalue weighted by atomic mass is 10.0. The first kappa shape index (κ1) is 19.5. The number of carbonyl (C=O) groups excluding carboxylic acids is 2. The topological polar surface area (TPSA) is 53.1 Å². The van der Waals surface area contributed by atoms with E-state index in [1.807, 2.05) is 53.4 Å². The summed E-state index contributed by atoms with van der Waals surface area (Å²) < 4.78 is 5.37. The maximum Gasteiger partial charge on any atom is 0.245 e. The van der Waals surface area contributed by atoms with Gasteiger partial charge >= 0.3 is 0 Å². The van der Waals surface area contributed by atoms with E-state index < -0.39 is 6.04 Å². The quantitative estimate of drug-likeness (QED) is 0.802. The minimum absolute atomic E-state index is 0.0213. The Morgan fingerprint density at radius 2 is 1.86 bits per heavy atom. The average Bonchev–Trinajstić information content (AvgIpc) is 3.15. The summed E-state index contributed by atoms with van der Waals surface area (Å²) in [6.07, 6.45) is 0.987. The number of amides is 2. The molecule has 2 unspecified atom stereocenters. The van der Waals surface area contributed by atoms with Crippen molar-refractivity contribution in [2.75, 3.05) is 38.7 Å². The van der Waals surface area contributed by atoms with E-state index in [0.717, 1.165) is 23.5 Å². The van der Waals surface area contributed by atoms with E-state index >= 15 is 0 Å². The van der Waals surface area contributed by atoms with Crippen LogP contribution in [0.2, 0.25) is 0 Å². The van der Waals surface area contributed by atoms with Crippen molar-refractivity contribution in [2.24, 2.45) is 0 Å². The van der Waals surface area contributed by atoms with E-state index in [2.05, 4.69) is 18.0 Å². The SMILES string of the molecule is COc1cccc(C2CN(C(=O)C3CCC(=O)N3c3ccccc3)CCN2C)c1. The van der Waals surface area contributed by atoms with Gasteiger partial charge in [-0.3, -0.25) is 19.4 Å². The molecule has 2 fully saturated rings. The maximum atomic E-state index is 13.4. The number of hydrogen-bond donors (Lipinski definition) is 0. The molecule has 2 amide bonds. The van der Waals surface area contributed by atoms with Gasteiger partial charge in [-0.05, 0) is 43.3 Å². The lowest BCUT2D eigenvalue weighted by molar-refractivity contribution is -0.135. The largest absolute Gasteiger partial charge is 0.497 e. The van der Waals surface area contributed by atoms with Crippen LogP contribution in [0.4, 0.5) is 5.69 Å². The van der Waals surface area contributed by atoms with Crippen LogP contribution in [0.1, 0.15) is 24.4 Å². The van der Waals surface area contributed by atoms with E-state index in [-0.39, 0.29) is 17.9 Å². The lowest BCUT2D eigenvalue weighted by Crippen LogP contribution is -2.54. The van der Waals surface area contributed by atoms with Gasteiger partial charge < -0.3 is 9.64 Å². The van der Waals surface area contributed by atoms with Crippen molar-refractivity contribution in [1.29, 1.82) is 0 Å². The van der Waals surface area contributed by atoms with Crippen molar-refractivity contribution in [2.45, 2.75) is 24.9 Å². The number of rotatable bonds is 4. The van der Waals surface area contributed by atoms with Gasteiger partial charge in [0.05, 0.1) is 13.2 Å². The molecule has 0 aromatic heterocycles. The minimum atomic E-state index is -0.417. The van der Waals surface area contributed by atoms with Gasteiger partial charge in [-0.1, -0.05) is 30.3 Å². The summed E-state index contributed by atoms with van der Waals surface area (Å²) in [5, 5.41) is 0. The Morgan fingerprint density at radius 1 is 1.07 bits per heavy atom. The summed E-state index contributed by atoms with van der Waals surface area (Å²) >= 11 is 0. The van der Waals surface area contributed by atoms with Gasteiger partial charge in [-0.25, -0.2) is 0 Å². The number of benzene rings is 2. The molecule has 0 bridgehead atoms. The molecule has 0 N–H and O–H groups in total. The molecule has 6 heteroatoms. The molecule has 2 saturated heterocycles. The van der Waals surface area contributed by atoms with E-state index in [9.17, 15) is 9.59 Å². The number of ether oxygens (including phenoxy) is 1. The van der Waals surface area contributed by atoms with E-state index in [4.69, 9.17) is 4.74 Å². The second-order valence-electron chi connectivity index (χ2n) is 7.71. The predicted molar refractivity (Wildman–Crippen MR) is 112 cm³/mol. The molecule has 4 rings (SSSR count). The molecule has 152 valence electrons. The third-order valence-electron chi connectivity index (χ3n) is 5.97. The molecular formula is C23H27N3O3. The predicted octanol–water partition coefficient (Wildman–Crippen LogP) is 2.71. The fourth-order valence-corrected chi connectivity index (χ4v) is 4.32. The number of para-hydroxylation sites is 1. The van der Waals surface area contributed by atoms with Crippen molar-refractivity contribution in [3.8, 4) is 5.75 Å². The van der Waals surface area contributed by atoms with Crippen LogP contribution in [0.5, 0.6) is 5.75 Å². The van der Waals surface area contributed by atoms with E-state index in [1.54, 1.807) is 12.0 Å². The van der Waals surface area contributed by atoms with Crippen LogP contribution in [0.3, 0.4) is 0 Å². The monoisotopic (exact) mass is 393 g/mol. The fourth-order valence-electron chi connectivity index (χ4n) is 4.32. The summed E-state index contributed by atoms with van der Waals surface area (Å²) in [5.74, 6) is 0.879. The number of likely N-dealkylation sites (N-methyl/N-ethyl adjacent to an activating group) is 1. The highest BCUT2D eigenvalue weighted by Crippen LogP contribution is 2.31. The normalized spacial score (nSPS) is 22.8. The molecule has 2 aliphatic heterocycles. The molecular weight excluding hydrogens is 366 g/mol. The van der Waals surface area contributed by atoms with Crippen molar-refractivity contribution in [1.82, 2.24) is 9.80 Å². The van der Waals surface area contributed by atoms with Crippen LogP contribution in [0.15, 0.2) is 54.6 Å². The molecule has 0 spiro atoms. The van der Waals surface area contributed by atoms with Crippen LogP contribution < -0.4 is 9.64 Å². The first-order valence-electron chi connectivity index (χ1n) is 10.1. The first-order chi connectivity index (χ1) is 14.1. The number of anilines is 1. The van der Waals surface area contributed by atoms with Crippen LogP contribution in [-0.2, 0) is 9.59 Å². The number of nitrogens with zero attached hydrogens (tertiary/aromatic N) is 3. The molecule has 2 aromatic rings. The van der Waals surface area contributed by atoms with Gasteiger partial charge in [0.25, 0.3) is 0 Å². The van der Waals surface area contributed by atoms with Crippen LogP contribution >= 0.6 is 0 Å². The van der Waals surface area contributed by atoms with Crippen molar-refractivity contribution < 1.29 is 14.3 Å². The van der Waals surface area contributed by atoms with E-state index in [1.165, 1.54) is 0 Å². The third-order valence-corrected chi connectivity index (χ3v) is 5.97. The number of methoxy groups -OCH3 is 1.